The van der Waals surface area contributed by atoms with E-state index >= 15 is 0 Å². The molecule has 4 aromatic rings. The number of hydrogen-bond donors (Lipinski definition) is 2. The van der Waals surface area contributed by atoms with Gasteiger partial charge in [0, 0.05) is 5.56 Å². The fourth-order valence-corrected chi connectivity index (χ4v) is 2.68. The van der Waals surface area contributed by atoms with Gasteiger partial charge in [0.25, 0.3) is 5.91 Å². The number of aromatic amines is 1. The Hall–Kier alpha value is -4.00. The molecule has 2 aromatic carbocycles. The molecule has 0 bridgehead atoms. The zero-order chi connectivity index (χ0) is 19.3. The molecule has 0 unspecified atom stereocenters. The summed E-state index contributed by atoms with van der Waals surface area (Å²) in [5.41, 5.74) is 2.60. The number of nitrogens with zero attached hydrogens (tertiary/aromatic N) is 3. The second-order valence-corrected chi connectivity index (χ2v) is 5.97. The number of carbonyl (C=O) groups excluding carboxylic acids is 1. The third-order valence-electron chi connectivity index (χ3n) is 4.12. The van der Waals surface area contributed by atoms with Gasteiger partial charge in [-0.2, -0.15) is 0 Å². The molecule has 138 valence electrons. The molecular weight excluding hydrogens is 354 g/mol. The van der Waals surface area contributed by atoms with Crippen molar-refractivity contribution in [3.05, 3.63) is 77.9 Å². The van der Waals surface area contributed by atoms with Gasteiger partial charge in [0.15, 0.2) is 11.5 Å². The van der Waals surface area contributed by atoms with E-state index in [1.54, 1.807) is 31.4 Å². The summed E-state index contributed by atoms with van der Waals surface area (Å²) in [5, 5.41) is 2.80. The van der Waals surface area contributed by atoms with E-state index in [4.69, 9.17) is 4.74 Å². The summed E-state index contributed by atoms with van der Waals surface area (Å²) >= 11 is 0. The number of ether oxygens (including phenoxy) is 1. The van der Waals surface area contributed by atoms with E-state index in [1.165, 1.54) is 6.33 Å². The van der Waals surface area contributed by atoms with Crippen LogP contribution in [0.4, 0.5) is 5.82 Å². The lowest BCUT2D eigenvalue weighted by Gasteiger charge is -2.05. The second kappa shape index (κ2) is 7.71. The van der Waals surface area contributed by atoms with Crippen molar-refractivity contribution in [2.75, 3.05) is 12.4 Å². The molecule has 7 heteroatoms. The number of rotatable bonds is 5. The Kier molecular flexibility index (Phi) is 4.79. The van der Waals surface area contributed by atoms with E-state index < -0.39 is 0 Å². The number of H-pyrrole nitrogens is 1. The van der Waals surface area contributed by atoms with Crippen molar-refractivity contribution in [1.82, 2.24) is 19.9 Å². The Morgan fingerprint density at radius 2 is 1.82 bits per heavy atom. The van der Waals surface area contributed by atoms with Gasteiger partial charge in [-0.3, -0.25) is 4.79 Å². The fraction of sp³-hybridized carbons (Fsp3) is 0.0476. The number of carbonyl (C=O) groups is 1. The number of methoxy groups -OCH3 is 1. The second-order valence-electron chi connectivity index (χ2n) is 5.97. The molecule has 2 aromatic heterocycles. The summed E-state index contributed by atoms with van der Waals surface area (Å²) in [6.45, 7) is 0. The Labute approximate surface area is 161 Å². The van der Waals surface area contributed by atoms with Crippen LogP contribution in [0.1, 0.15) is 21.7 Å². The first-order chi connectivity index (χ1) is 13.7. The number of hydrogen-bond acceptors (Lipinski definition) is 5. The van der Waals surface area contributed by atoms with Crippen molar-refractivity contribution in [3.63, 3.8) is 0 Å². The molecule has 0 atom stereocenters. The summed E-state index contributed by atoms with van der Waals surface area (Å²) < 4.78 is 5.11. The molecule has 0 saturated carbocycles. The van der Waals surface area contributed by atoms with Gasteiger partial charge in [-0.15, -0.1) is 0 Å². The Morgan fingerprint density at radius 3 is 2.57 bits per heavy atom. The third-order valence-corrected chi connectivity index (χ3v) is 4.12. The van der Waals surface area contributed by atoms with Crippen LogP contribution in [0.2, 0.25) is 0 Å². The molecule has 28 heavy (non-hydrogen) atoms. The highest BCUT2D eigenvalue weighted by Crippen LogP contribution is 2.19. The molecule has 0 saturated heterocycles. The first kappa shape index (κ1) is 17.4. The van der Waals surface area contributed by atoms with Crippen LogP contribution in [0, 0.1) is 0 Å². The number of benzene rings is 2. The molecule has 0 aliphatic heterocycles. The summed E-state index contributed by atoms with van der Waals surface area (Å²) in [5.74, 6) is 1.40. The Bertz CT molecular complexity index is 1130. The molecule has 0 aliphatic rings. The zero-order valence-electron chi connectivity index (χ0n) is 15.1. The molecular formula is C21H17N5O2. The highest BCUT2D eigenvalue weighted by atomic mass is 16.5. The third kappa shape index (κ3) is 3.73. The number of fused-ring (bicyclic) bond motifs is 1. The SMILES string of the molecule is COc1ccc(C(=O)Nc2ncnc3nc(/C=C/c4ccccc4)[nH]c23)cc1. The molecule has 1 amide bonds. The molecule has 2 heterocycles. The fourth-order valence-electron chi connectivity index (χ4n) is 2.68. The predicted octanol–water partition coefficient (Wildman–Crippen LogP) is 3.78. The number of imidazole rings is 1. The largest absolute Gasteiger partial charge is 0.497 e. The van der Waals surface area contributed by atoms with Crippen LogP contribution in [0.15, 0.2) is 60.9 Å². The van der Waals surface area contributed by atoms with Crippen molar-refractivity contribution in [1.29, 1.82) is 0 Å². The normalized spacial score (nSPS) is 11.0. The van der Waals surface area contributed by atoms with Gasteiger partial charge in [-0.1, -0.05) is 36.4 Å². The van der Waals surface area contributed by atoms with E-state index in [0.717, 1.165) is 5.56 Å². The van der Waals surface area contributed by atoms with Crippen LogP contribution < -0.4 is 10.1 Å². The lowest BCUT2D eigenvalue weighted by Crippen LogP contribution is -2.13. The molecule has 0 radical (unpaired) electrons. The average molecular weight is 371 g/mol. The lowest BCUT2D eigenvalue weighted by atomic mass is 10.2. The van der Waals surface area contributed by atoms with Gasteiger partial charge in [-0.25, -0.2) is 15.0 Å². The molecule has 7 nitrogen and oxygen atoms in total. The van der Waals surface area contributed by atoms with Gasteiger partial charge in [0.05, 0.1) is 7.11 Å². The average Bonchev–Trinajstić information content (AvgIpc) is 3.17. The summed E-state index contributed by atoms with van der Waals surface area (Å²) in [6.07, 6.45) is 5.17. The summed E-state index contributed by atoms with van der Waals surface area (Å²) in [7, 11) is 1.58. The van der Waals surface area contributed by atoms with Crippen molar-refractivity contribution in [3.8, 4) is 5.75 Å². The topological polar surface area (TPSA) is 92.8 Å². The number of anilines is 1. The minimum Gasteiger partial charge on any atom is -0.497 e. The highest BCUT2D eigenvalue weighted by molar-refractivity contribution is 6.06. The van der Waals surface area contributed by atoms with Crippen LogP contribution in [-0.2, 0) is 0 Å². The predicted molar refractivity (Wildman–Crippen MR) is 108 cm³/mol. The van der Waals surface area contributed by atoms with E-state index in [-0.39, 0.29) is 5.91 Å². The van der Waals surface area contributed by atoms with Gasteiger partial charge in [0.2, 0.25) is 0 Å². The smallest absolute Gasteiger partial charge is 0.256 e. The van der Waals surface area contributed by atoms with E-state index in [1.807, 2.05) is 42.5 Å². The van der Waals surface area contributed by atoms with E-state index in [0.29, 0.717) is 34.1 Å². The lowest BCUT2D eigenvalue weighted by molar-refractivity contribution is 0.102. The maximum atomic E-state index is 12.5. The zero-order valence-corrected chi connectivity index (χ0v) is 15.1. The summed E-state index contributed by atoms with van der Waals surface area (Å²) in [6, 6.07) is 16.7. The Balaban J connectivity index is 1.58. The molecule has 4 rings (SSSR count). The molecule has 2 N–H and O–H groups in total. The van der Waals surface area contributed by atoms with Crippen LogP contribution in [0.3, 0.4) is 0 Å². The van der Waals surface area contributed by atoms with Gasteiger partial charge in [0.1, 0.15) is 23.4 Å². The van der Waals surface area contributed by atoms with Gasteiger partial charge >= 0.3 is 0 Å². The quantitative estimate of drug-likeness (QED) is 0.557. The maximum absolute atomic E-state index is 12.5. The van der Waals surface area contributed by atoms with Crippen LogP contribution in [0.5, 0.6) is 5.75 Å². The standard InChI is InChI=1S/C21H17N5O2/c1-28-16-10-8-15(9-11-16)21(27)26-20-18-19(22-13-23-20)25-17(24-18)12-7-14-5-3-2-4-6-14/h2-13H,1H3,(H2,22,23,24,25,26,27)/b12-7+. The maximum Gasteiger partial charge on any atom is 0.256 e. The number of aromatic nitrogens is 4. The van der Waals surface area contributed by atoms with Crippen LogP contribution >= 0.6 is 0 Å². The number of amides is 1. The number of nitrogens with one attached hydrogen (secondary N) is 2. The Morgan fingerprint density at radius 1 is 1.04 bits per heavy atom. The highest BCUT2D eigenvalue weighted by Gasteiger charge is 2.13. The molecule has 0 spiro atoms. The van der Waals surface area contributed by atoms with Gasteiger partial charge < -0.3 is 15.0 Å². The van der Waals surface area contributed by atoms with Gasteiger partial charge in [-0.05, 0) is 35.9 Å². The van der Waals surface area contributed by atoms with Crippen LogP contribution in [0.25, 0.3) is 23.3 Å². The first-order valence-corrected chi connectivity index (χ1v) is 8.62. The molecule has 0 fully saturated rings. The summed E-state index contributed by atoms with van der Waals surface area (Å²) in [4.78, 5) is 28.4. The van der Waals surface area contributed by atoms with Crippen LogP contribution in [-0.4, -0.2) is 33.0 Å². The van der Waals surface area contributed by atoms with E-state index in [2.05, 4.69) is 25.3 Å². The van der Waals surface area contributed by atoms with Crippen molar-refractivity contribution >= 4 is 35.0 Å². The first-order valence-electron chi connectivity index (χ1n) is 8.62. The minimum absolute atomic E-state index is 0.279. The van der Waals surface area contributed by atoms with Crippen molar-refractivity contribution in [2.24, 2.45) is 0 Å². The molecule has 0 aliphatic carbocycles. The van der Waals surface area contributed by atoms with Crippen molar-refractivity contribution < 1.29 is 9.53 Å². The van der Waals surface area contributed by atoms with E-state index in [9.17, 15) is 4.79 Å². The van der Waals surface area contributed by atoms with Crippen molar-refractivity contribution in [2.45, 2.75) is 0 Å². The minimum atomic E-state index is -0.279. The monoisotopic (exact) mass is 371 g/mol.